The summed E-state index contributed by atoms with van der Waals surface area (Å²) in [5.41, 5.74) is -0.686. The smallest absolute Gasteiger partial charge is 0.330 e. The summed E-state index contributed by atoms with van der Waals surface area (Å²) in [5, 5.41) is 19.7. The van der Waals surface area contributed by atoms with Crippen molar-refractivity contribution in [3.63, 3.8) is 0 Å². The van der Waals surface area contributed by atoms with E-state index in [4.69, 9.17) is 8.92 Å². The van der Waals surface area contributed by atoms with E-state index in [1.54, 1.807) is 19.1 Å². The van der Waals surface area contributed by atoms with E-state index in [-0.39, 0.29) is 4.90 Å². The Morgan fingerprint density at radius 3 is 2.48 bits per heavy atom. The highest BCUT2D eigenvalue weighted by atomic mass is 32.2. The van der Waals surface area contributed by atoms with Crippen LogP contribution in [0.4, 0.5) is 0 Å². The van der Waals surface area contributed by atoms with Gasteiger partial charge in [-0.25, -0.2) is 4.79 Å². The highest BCUT2D eigenvalue weighted by Crippen LogP contribution is 2.33. The number of nitrogens with zero attached hydrogens (tertiary/aromatic N) is 1. The van der Waals surface area contributed by atoms with Crippen LogP contribution in [-0.2, 0) is 19.0 Å². The van der Waals surface area contributed by atoms with Crippen molar-refractivity contribution in [3.8, 4) is 0 Å². The molecule has 2 aromatic rings. The molecule has 0 radical (unpaired) electrons. The lowest BCUT2D eigenvalue weighted by Gasteiger charge is -2.21. The van der Waals surface area contributed by atoms with E-state index >= 15 is 0 Å². The molecule has 4 unspecified atom stereocenters. The number of aliphatic hydroxyl groups excluding tert-OH is 2. The van der Waals surface area contributed by atoms with Gasteiger partial charge in [-0.3, -0.25) is 18.5 Å². The molecule has 27 heavy (non-hydrogen) atoms. The minimum absolute atomic E-state index is 0.139. The quantitative estimate of drug-likeness (QED) is 0.536. The molecule has 1 aliphatic heterocycles. The number of aryl methyl sites for hydroxylation is 1. The van der Waals surface area contributed by atoms with Crippen LogP contribution in [0.25, 0.3) is 0 Å². The first kappa shape index (κ1) is 19.5. The van der Waals surface area contributed by atoms with Crippen LogP contribution in [0.2, 0.25) is 0 Å². The van der Waals surface area contributed by atoms with Gasteiger partial charge in [0, 0.05) is 12.3 Å². The van der Waals surface area contributed by atoms with Gasteiger partial charge in [0.1, 0.15) is 12.2 Å². The minimum atomic E-state index is -4.30. The van der Waals surface area contributed by atoms with Crippen molar-refractivity contribution in [2.24, 2.45) is 0 Å². The third kappa shape index (κ3) is 3.87. The number of ether oxygens (including phenoxy) is 1. The monoisotopic (exact) mass is 398 g/mol. The molecule has 11 heteroatoms. The van der Waals surface area contributed by atoms with Gasteiger partial charge in [0.2, 0.25) is 0 Å². The fraction of sp³-hybridized carbons (Fsp3) is 0.375. The molecule has 0 spiro atoms. The average molecular weight is 398 g/mol. The largest absolute Gasteiger partial charge is 0.394 e. The molecule has 1 saturated heterocycles. The SMILES string of the molecule is Cc1ccc(S(=O)(=O)OC2C(O)C(CO)OC2n2ccc(=O)[nH]c2=O)cc1. The van der Waals surface area contributed by atoms with Gasteiger partial charge in [-0.15, -0.1) is 0 Å². The Bertz CT molecular complexity index is 1030. The molecule has 0 aliphatic carbocycles. The molecule has 3 N–H and O–H groups in total. The topological polar surface area (TPSA) is 148 Å². The first-order chi connectivity index (χ1) is 12.7. The second-order valence-electron chi connectivity index (χ2n) is 6.08. The van der Waals surface area contributed by atoms with E-state index in [1.807, 2.05) is 4.98 Å². The average Bonchev–Trinajstić information content (AvgIpc) is 2.91. The van der Waals surface area contributed by atoms with E-state index < -0.39 is 52.5 Å². The van der Waals surface area contributed by atoms with Crippen LogP contribution in [0, 0.1) is 6.92 Å². The second-order valence-corrected chi connectivity index (χ2v) is 7.66. The van der Waals surface area contributed by atoms with Gasteiger partial charge in [-0.05, 0) is 19.1 Å². The number of hydrogen-bond acceptors (Lipinski definition) is 8. The van der Waals surface area contributed by atoms with Crippen LogP contribution in [0.15, 0.2) is 51.0 Å². The predicted molar refractivity (Wildman–Crippen MR) is 91.6 cm³/mol. The molecule has 1 aliphatic rings. The molecule has 10 nitrogen and oxygen atoms in total. The van der Waals surface area contributed by atoms with Crippen LogP contribution in [0.5, 0.6) is 0 Å². The van der Waals surface area contributed by atoms with Crippen LogP contribution >= 0.6 is 0 Å². The minimum Gasteiger partial charge on any atom is -0.394 e. The summed E-state index contributed by atoms with van der Waals surface area (Å²) in [5.74, 6) is 0. The number of benzene rings is 1. The molecule has 3 rings (SSSR count). The van der Waals surface area contributed by atoms with Crippen molar-refractivity contribution in [1.82, 2.24) is 9.55 Å². The van der Waals surface area contributed by atoms with E-state index in [0.717, 1.165) is 22.4 Å². The van der Waals surface area contributed by atoms with Gasteiger partial charge in [0.05, 0.1) is 11.5 Å². The first-order valence-corrected chi connectivity index (χ1v) is 9.39. The van der Waals surface area contributed by atoms with Crippen molar-refractivity contribution in [2.45, 2.75) is 36.4 Å². The van der Waals surface area contributed by atoms with Crippen LogP contribution in [0.3, 0.4) is 0 Å². The standard InChI is InChI=1S/C16H18N2O8S/c1-9-2-4-10(5-3-9)27(23,24)26-14-13(21)11(8-19)25-15(14)18-7-6-12(20)17-16(18)22/h2-7,11,13-15,19,21H,8H2,1H3,(H,17,20,22). The molecular formula is C16H18N2O8S. The number of rotatable bonds is 5. The molecule has 4 atom stereocenters. The number of nitrogens with one attached hydrogen (secondary N) is 1. The number of hydrogen-bond donors (Lipinski definition) is 3. The molecule has 1 aromatic heterocycles. The fourth-order valence-electron chi connectivity index (χ4n) is 2.73. The zero-order valence-electron chi connectivity index (χ0n) is 14.2. The molecule has 146 valence electrons. The highest BCUT2D eigenvalue weighted by Gasteiger charge is 2.48. The zero-order chi connectivity index (χ0) is 19.8. The third-order valence-electron chi connectivity index (χ3n) is 4.17. The molecular weight excluding hydrogens is 380 g/mol. The van der Waals surface area contributed by atoms with Crippen molar-refractivity contribution in [1.29, 1.82) is 0 Å². The fourth-order valence-corrected chi connectivity index (χ4v) is 3.81. The Labute approximate surface area is 153 Å². The van der Waals surface area contributed by atoms with Gasteiger partial charge in [0.25, 0.3) is 15.7 Å². The molecule has 0 amide bonds. The van der Waals surface area contributed by atoms with Crippen LogP contribution in [-0.4, -0.2) is 53.1 Å². The number of aromatic amines is 1. The molecule has 1 fully saturated rings. The summed E-state index contributed by atoms with van der Waals surface area (Å²) in [6.45, 7) is 1.16. The predicted octanol–water partition coefficient (Wildman–Crippen LogP) is -1.13. The zero-order valence-corrected chi connectivity index (χ0v) is 15.0. The van der Waals surface area contributed by atoms with E-state index in [9.17, 15) is 28.2 Å². The summed E-state index contributed by atoms with van der Waals surface area (Å²) in [6.07, 6.45) is -4.50. The van der Waals surface area contributed by atoms with E-state index in [0.29, 0.717) is 0 Å². The number of H-pyrrole nitrogens is 1. The first-order valence-electron chi connectivity index (χ1n) is 7.99. The van der Waals surface area contributed by atoms with Gasteiger partial charge in [-0.2, -0.15) is 8.42 Å². The van der Waals surface area contributed by atoms with Gasteiger partial charge in [0.15, 0.2) is 12.3 Å². The number of aliphatic hydroxyl groups is 2. The maximum atomic E-state index is 12.6. The van der Waals surface area contributed by atoms with Crippen LogP contribution < -0.4 is 11.2 Å². The Kier molecular flexibility index (Phi) is 5.31. The highest BCUT2D eigenvalue weighted by molar-refractivity contribution is 7.86. The Balaban J connectivity index is 1.98. The Morgan fingerprint density at radius 2 is 1.89 bits per heavy atom. The van der Waals surface area contributed by atoms with E-state index in [1.165, 1.54) is 12.1 Å². The van der Waals surface area contributed by atoms with Crippen molar-refractivity contribution in [3.05, 3.63) is 62.9 Å². The summed E-state index contributed by atoms with van der Waals surface area (Å²) in [7, 11) is -4.30. The van der Waals surface area contributed by atoms with Gasteiger partial charge < -0.3 is 14.9 Å². The third-order valence-corrected chi connectivity index (χ3v) is 5.49. The van der Waals surface area contributed by atoms with Crippen molar-refractivity contribution in [2.75, 3.05) is 6.61 Å². The lowest BCUT2D eigenvalue weighted by Crippen LogP contribution is -2.40. The Hall–Kier alpha value is -2.31. The molecule has 0 saturated carbocycles. The maximum Gasteiger partial charge on any atom is 0.330 e. The van der Waals surface area contributed by atoms with E-state index in [2.05, 4.69) is 0 Å². The normalized spacial score (nSPS) is 25.6. The van der Waals surface area contributed by atoms with Crippen molar-refractivity contribution < 1.29 is 27.6 Å². The van der Waals surface area contributed by atoms with Crippen molar-refractivity contribution >= 4 is 10.1 Å². The maximum absolute atomic E-state index is 12.6. The van der Waals surface area contributed by atoms with Gasteiger partial charge in [-0.1, -0.05) is 17.7 Å². The second kappa shape index (κ2) is 7.37. The lowest BCUT2D eigenvalue weighted by atomic mass is 10.1. The van der Waals surface area contributed by atoms with Gasteiger partial charge >= 0.3 is 5.69 Å². The Morgan fingerprint density at radius 1 is 1.22 bits per heavy atom. The molecule has 2 heterocycles. The molecule has 1 aromatic carbocycles. The summed E-state index contributed by atoms with van der Waals surface area (Å²) in [6, 6.07) is 6.89. The summed E-state index contributed by atoms with van der Waals surface area (Å²) >= 11 is 0. The number of aromatic nitrogens is 2. The summed E-state index contributed by atoms with van der Waals surface area (Å²) in [4.78, 5) is 25.1. The summed E-state index contributed by atoms with van der Waals surface area (Å²) < 4.78 is 36.6. The van der Waals surface area contributed by atoms with Crippen LogP contribution in [0.1, 0.15) is 11.8 Å². The lowest BCUT2D eigenvalue weighted by molar-refractivity contribution is -0.0519. The molecule has 0 bridgehead atoms.